The lowest BCUT2D eigenvalue weighted by Crippen LogP contribution is -2.30. The lowest BCUT2D eigenvalue weighted by Gasteiger charge is -2.25. The molecule has 3 heterocycles. The molecule has 1 aliphatic rings. The maximum absolute atomic E-state index is 13.1. The minimum absolute atomic E-state index is 0.158. The Balaban J connectivity index is 1.63. The van der Waals surface area contributed by atoms with Gasteiger partial charge < -0.3 is 15.4 Å². The molecule has 152 valence electrons. The van der Waals surface area contributed by atoms with Crippen LogP contribution >= 0.6 is 15.9 Å². The summed E-state index contributed by atoms with van der Waals surface area (Å²) in [6, 6.07) is 8.12. The van der Waals surface area contributed by atoms with E-state index in [1.165, 1.54) is 0 Å². The number of hydrogen-bond donors (Lipinski definition) is 2. The van der Waals surface area contributed by atoms with Gasteiger partial charge in [0.2, 0.25) is 0 Å². The number of anilines is 1. The molecule has 2 N–H and O–H groups in total. The standard InChI is InChI=1S/C21H24BrN5O2/c1-2-27-20-16(13-25-27)19(26-15-7-9-29-10-8-15)17(12-23-20)21(28)24-11-14-5-3-4-6-18(14)22/h3-6,12-13,15H,2,7-11H2,1H3,(H,23,26)(H,24,28). The number of benzene rings is 1. The van der Waals surface area contributed by atoms with Crippen molar-refractivity contribution in [2.45, 2.75) is 38.9 Å². The number of rotatable bonds is 6. The number of nitrogens with zero attached hydrogens (tertiary/aromatic N) is 3. The Morgan fingerprint density at radius 1 is 1.28 bits per heavy atom. The topological polar surface area (TPSA) is 81.1 Å². The fraction of sp³-hybridized carbons (Fsp3) is 0.381. The van der Waals surface area contributed by atoms with Gasteiger partial charge in [-0.1, -0.05) is 34.1 Å². The summed E-state index contributed by atoms with van der Waals surface area (Å²) >= 11 is 3.53. The summed E-state index contributed by atoms with van der Waals surface area (Å²) in [7, 11) is 0. The number of nitrogens with one attached hydrogen (secondary N) is 2. The number of aryl methyl sites for hydroxylation is 1. The van der Waals surface area contributed by atoms with Crippen LogP contribution in [-0.4, -0.2) is 39.9 Å². The van der Waals surface area contributed by atoms with Gasteiger partial charge in [0, 0.05) is 43.0 Å². The molecular weight excluding hydrogens is 434 g/mol. The Hall–Kier alpha value is -2.45. The van der Waals surface area contributed by atoms with Gasteiger partial charge in [0.1, 0.15) is 0 Å². The van der Waals surface area contributed by atoms with Gasteiger partial charge in [-0.05, 0) is 31.4 Å². The van der Waals surface area contributed by atoms with Crippen LogP contribution in [0.2, 0.25) is 0 Å². The Morgan fingerprint density at radius 2 is 2.07 bits per heavy atom. The molecule has 4 rings (SSSR count). The predicted octanol–water partition coefficient (Wildman–Crippen LogP) is 3.73. The van der Waals surface area contributed by atoms with Crippen molar-refractivity contribution in [3.05, 3.63) is 52.3 Å². The molecule has 7 nitrogen and oxygen atoms in total. The molecule has 0 radical (unpaired) electrons. The van der Waals surface area contributed by atoms with E-state index in [2.05, 4.69) is 36.6 Å². The Morgan fingerprint density at radius 3 is 2.83 bits per heavy atom. The van der Waals surface area contributed by atoms with Crippen LogP contribution < -0.4 is 10.6 Å². The molecule has 0 saturated carbocycles. The van der Waals surface area contributed by atoms with Crippen molar-refractivity contribution < 1.29 is 9.53 Å². The fourth-order valence-electron chi connectivity index (χ4n) is 3.54. The third-order valence-electron chi connectivity index (χ3n) is 5.18. The third-order valence-corrected chi connectivity index (χ3v) is 5.95. The van der Waals surface area contributed by atoms with Crippen LogP contribution in [0.5, 0.6) is 0 Å². The van der Waals surface area contributed by atoms with E-state index in [0.29, 0.717) is 12.1 Å². The summed E-state index contributed by atoms with van der Waals surface area (Å²) in [4.78, 5) is 17.6. The Labute approximate surface area is 178 Å². The molecule has 0 atom stereocenters. The monoisotopic (exact) mass is 457 g/mol. The zero-order chi connectivity index (χ0) is 20.2. The minimum Gasteiger partial charge on any atom is -0.381 e. The zero-order valence-corrected chi connectivity index (χ0v) is 17.9. The van der Waals surface area contributed by atoms with Crippen molar-refractivity contribution in [1.82, 2.24) is 20.1 Å². The van der Waals surface area contributed by atoms with Gasteiger partial charge in [-0.2, -0.15) is 5.10 Å². The van der Waals surface area contributed by atoms with Gasteiger partial charge in [-0.3, -0.25) is 4.79 Å². The highest BCUT2D eigenvalue weighted by Gasteiger charge is 2.22. The van der Waals surface area contributed by atoms with Crippen LogP contribution in [0.25, 0.3) is 11.0 Å². The first-order valence-corrected chi connectivity index (χ1v) is 10.7. The number of aromatic nitrogens is 3. The average molecular weight is 458 g/mol. The zero-order valence-electron chi connectivity index (χ0n) is 16.3. The number of fused-ring (bicyclic) bond motifs is 1. The molecule has 1 fully saturated rings. The lowest BCUT2D eigenvalue weighted by molar-refractivity contribution is 0.0904. The van der Waals surface area contributed by atoms with Crippen molar-refractivity contribution in [2.75, 3.05) is 18.5 Å². The van der Waals surface area contributed by atoms with Gasteiger partial charge in [0.05, 0.1) is 22.8 Å². The summed E-state index contributed by atoms with van der Waals surface area (Å²) < 4.78 is 8.28. The Kier molecular flexibility index (Phi) is 6.10. The van der Waals surface area contributed by atoms with Crippen LogP contribution in [0, 0.1) is 0 Å². The highest BCUT2D eigenvalue weighted by molar-refractivity contribution is 9.10. The number of halogens is 1. The van der Waals surface area contributed by atoms with Gasteiger partial charge in [0.25, 0.3) is 5.91 Å². The number of amides is 1. The van der Waals surface area contributed by atoms with Crippen LogP contribution in [0.4, 0.5) is 5.69 Å². The van der Waals surface area contributed by atoms with Crippen molar-refractivity contribution in [3.8, 4) is 0 Å². The molecule has 3 aromatic rings. The maximum Gasteiger partial charge on any atom is 0.255 e. The summed E-state index contributed by atoms with van der Waals surface area (Å²) in [5.74, 6) is -0.158. The van der Waals surface area contributed by atoms with Crippen molar-refractivity contribution >= 4 is 38.6 Å². The highest BCUT2D eigenvalue weighted by atomic mass is 79.9. The van der Waals surface area contributed by atoms with E-state index in [9.17, 15) is 4.79 Å². The second kappa shape index (κ2) is 8.92. The molecule has 1 aromatic carbocycles. The number of ether oxygens (including phenoxy) is 1. The third kappa shape index (κ3) is 4.28. The second-order valence-electron chi connectivity index (χ2n) is 7.05. The molecule has 0 aliphatic carbocycles. The first-order valence-electron chi connectivity index (χ1n) is 9.87. The fourth-order valence-corrected chi connectivity index (χ4v) is 3.97. The molecule has 0 bridgehead atoms. The number of pyridine rings is 1. The van der Waals surface area contributed by atoms with Crippen LogP contribution in [0.1, 0.15) is 35.7 Å². The number of carbonyl (C=O) groups excluding carboxylic acids is 1. The van der Waals surface area contributed by atoms with Crippen LogP contribution in [0.3, 0.4) is 0 Å². The summed E-state index contributed by atoms with van der Waals surface area (Å²) in [6.07, 6.45) is 5.25. The van der Waals surface area contributed by atoms with E-state index in [-0.39, 0.29) is 11.9 Å². The number of hydrogen-bond acceptors (Lipinski definition) is 5. The quantitative estimate of drug-likeness (QED) is 0.589. The van der Waals surface area contributed by atoms with E-state index in [4.69, 9.17) is 4.74 Å². The molecular formula is C21H24BrN5O2. The van der Waals surface area contributed by atoms with Crippen molar-refractivity contribution in [3.63, 3.8) is 0 Å². The van der Waals surface area contributed by atoms with E-state index >= 15 is 0 Å². The highest BCUT2D eigenvalue weighted by Crippen LogP contribution is 2.28. The first kappa shape index (κ1) is 19.8. The van der Waals surface area contributed by atoms with Crippen LogP contribution in [0.15, 0.2) is 41.1 Å². The molecule has 0 spiro atoms. The van der Waals surface area contributed by atoms with E-state index in [1.54, 1.807) is 12.4 Å². The van der Waals surface area contributed by atoms with Crippen molar-refractivity contribution in [2.24, 2.45) is 0 Å². The van der Waals surface area contributed by atoms with Crippen LogP contribution in [-0.2, 0) is 17.8 Å². The second-order valence-corrected chi connectivity index (χ2v) is 7.90. The molecule has 0 unspecified atom stereocenters. The van der Waals surface area contributed by atoms with Gasteiger partial charge >= 0.3 is 0 Å². The number of carbonyl (C=O) groups is 1. The van der Waals surface area contributed by atoms with E-state index < -0.39 is 0 Å². The Bertz CT molecular complexity index is 1010. The summed E-state index contributed by atoms with van der Waals surface area (Å²) in [6.45, 7) is 4.63. The first-order chi connectivity index (χ1) is 14.2. The molecule has 2 aromatic heterocycles. The molecule has 1 saturated heterocycles. The summed E-state index contributed by atoms with van der Waals surface area (Å²) in [5.41, 5.74) is 3.13. The van der Waals surface area contributed by atoms with Gasteiger partial charge in [0.15, 0.2) is 5.65 Å². The minimum atomic E-state index is -0.158. The van der Waals surface area contributed by atoms with Gasteiger partial charge in [-0.25, -0.2) is 9.67 Å². The van der Waals surface area contributed by atoms with E-state index in [1.807, 2.05) is 35.9 Å². The average Bonchev–Trinajstić information content (AvgIpc) is 3.17. The molecule has 1 amide bonds. The predicted molar refractivity (Wildman–Crippen MR) is 116 cm³/mol. The molecule has 29 heavy (non-hydrogen) atoms. The molecule has 8 heteroatoms. The SMILES string of the molecule is CCn1ncc2c(NC3CCOCC3)c(C(=O)NCc3ccccc3Br)cnc21. The lowest BCUT2D eigenvalue weighted by atomic mass is 10.1. The van der Waals surface area contributed by atoms with Gasteiger partial charge in [-0.15, -0.1) is 0 Å². The normalized spacial score (nSPS) is 14.8. The summed E-state index contributed by atoms with van der Waals surface area (Å²) in [5, 5.41) is 11.9. The smallest absolute Gasteiger partial charge is 0.255 e. The largest absolute Gasteiger partial charge is 0.381 e. The van der Waals surface area contributed by atoms with Crippen molar-refractivity contribution in [1.29, 1.82) is 0 Å². The maximum atomic E-state index is 13.1. The van der Waals surface area contributed by atoms with E-state index in [0.717, 1.165) is 59.4 Å². The molecule has 1 aliphatic heterocycles.